The maximum absolute atomic E-state index is 12.6. The minimum atomic E-state index is 0.150. The van der Waals surface area contributed by atoms with Crippen molar-refractivity contribution in [3.05, 3.63) is 54.1 Å². The van der Waals surface area contributed by atoms with Crippen LogP contribution in [0.25, 0.3) is 0 Å². The van der Waals surface area contributed by atoms with E-state index in [9.17, 15) is 4.79 Å². The molecule has 3 nitrogen and oxygen atoms in total. The summed E-state index contributed by atoms with van der Waals surface area (Å²) in [5.74, 6) is 1.95. The third-order valence-electron chi connectivity index (χ3n) is 3.62. The van der Waals surface area contributed by atoms with Crippen LogP contribution in [-0.4, -0.2) is 24.8 Å². The number of anilines is 1. The lowest BCUT2D eigenvalue weighted by atomic mass is 10.1. The lowest BCUT2D eigenvalue weighted by Crippen LogP contribution is -2.36. The van der Waals surface area contributed by atoms with Gasteiger partial charge in [-0.2, -0.15) is 0 Å². The average Bonchev–Trinajstić information content (AvgIpc) is 2.56. The van der Waals surface area contributed by atoms with Gasteiger partial charge < -0.3 is 9.64 Å². The van der Waals surface area contributed by atoms with Crippen LogP contribution < -0.4 is 9.64 Å². The molecule has 22 heavy (non-hydrogen) atoms. The predicted molar refractivity (Wildman–Crippen MR) is 90.8 cm³/mol. The molecule has 2 aromatic rings. The Bertz CT molecular complexity index is 654. The molecule has 1 aliphatic heterocycles. The maximum atomic E-state index is 12.6. The molecule has 1 aliphatic rings. The van der Waals surface area contributed by atoms with E-state index in [0.717, 1.165) is 29.3 Å². The maximum Gasteiger partial charge on any atom is 0.231 e. The molecular formula is C18H19NO2S. The minimum Gasteiger partial charge on any atom is -0.494 e. The number of carbonyl (C=O) groups is 1. The Morgan fingerprint density at radius 3 is 2.73 bits per heavy atom. The van der Waals surface area contributed by atoms with Gasteiger partial charge in [0, 0.05) is 17.2 Å². The number of rotatable bonds is 4. The van der Waals surface area contributed by atoms with Crippen molar-refractivity contribution < 1.29 is 9.53 Å². The van der Waals surface area contributed by atoms with E-state index in [4.69, 9.17) is 4.74 Å². The zero-order valence-corrected chi connectivity index (χ0v) is 13.4. The van der Waals surface area contributed by atoms with Gasteiger partial charge in [0.15, 0.2) is 0 Å². The summed E-state index contributed by atoms with van der Waals surface area (Å²) in [5, 5.41) is 0. The summed E-state index contributed by atoms with van der Waals surface area (Å²) in [6.07, 6.45) is 0.422. The summed E-state index contributed by atoms with van der Waals surface area (Å²) >= 11 is 1.81. The molecule has 1 amide bonds. The van der Waals surface area contributed by atoms with Crippen molar-refractivity contribution in [3.8, 4) is 5.75 Å². The number of carbonyl (C=O) groups excluding carboxylic acids is 1. The van der Waals surface area contributed by atoms with E-state index < -0.39 is 0 Å². The number of fused-ring (bicyclic) bond motifs is 1. The molecule has 3 rings (SSSR count). The van der Waals surface area contributed by atoms with E-state index in [1.54, 1.807) is 0 Å². The van der Waals surface area contributed by atoms with Crippen LogP contribution in [0.4, 0.5) is 5.69 Å². The molecule has 1 heterocycles. The number of para-hydroxylation sites is 1. The van der Waals surface area contributed by atoms with Crippen molar-refractivity contribution in [1.29, 1.82) is 0 Å². The Hall–Kier alpha value is -1.94. The van der Waals surface area contributed by atoms with Gasteiger partial charge in [-0.25, -0.2) is 0 Å². The number of thioether (sulfide) groups is 1. The van der Waals surface area contributed by atoms with Crippen LogP contribution in [0.1, 0.15) is 12.5 Å². The summed E-state index contributed by atoms with van der Waals surface area (Å²) in [5.41, 5.74) is 2.05. The van der Waals surface area contributed by atoms with Crippen LogP contribution in [0.5, 0.6) is 5.75 Å². The summed E-state index contributed by atoms with van der Waals surface area (Å²) in [7, 11) is 0. The number of benzene rings is 2. The lowest BCUT2D eigenvalue weighted by Gasteiger charge is -2.29. The van der Waals surface area contributed by atoms with Crippen LogP contribution in [0.15, 0.2) is 53.4 Å². The first-order valence-corrected chi connectivity index (χ1v) is 8.50. The average molecular weight is 313 g/mol. The first kappa shape index (κ1) is 15.0. The second-order valence-electron chi connectivity index (χ2n) is 5.12. The van der Waals surface area contributed by atoms with Crippen LogP contribution in [0.3, 0.4) is 0 Å². The fraction of sp³-hybridized carbons (Fsp3) is 0.278. The van der Waals surface area contributed by atoms with Gasteiger partial charge >= 0.3 is 0 Å². The highest BCUT2D eigenvalue weighted by Crippen LogP contribution is 2.34. The zero-order valence-electron chi connectivity index (χ0n) is 12.6. The summed E-state index contributed by atoms with van der Waals surface area (Å²) in [6, 6.07) is 15.9. The Kier molecular flexibility index (Phi) is 4.68. The lowest BCUT2D eigenvalue weighted by molar-refractivity contribution is -0.118. The van der Waals surface area contributed by atoms with Gasteiger partial charge in [0.2, 0.25) is 5.91 Å². The molecule has 0 radical (unpaired) electrons. The van der Waals surface area contributed by atoms with Crippen LogP contribution in [0.2, 0.25) is 0 Å². The molecule has 0 aromatic heterocycles. The Balaban J connectivity index is 1.72. The molecule has 0 unspecified atom stereocenters. The molecule has 114 valence electrons. The van der Waals surface area contributed by atoms with Crippen molar-refractivity contribution in [2.75, 3.05) is 23.8 Å². The van der Waals surface area contributed by atoms with Crippen LogP contribution >= 0.6 is 11.8 Å². The molecule has 4 heteroatoms. The standard InChI is InChI=1S/C18H19NO2S/c1-2-21-15-9-7-14(8-10-15)13-18(20)19-11-12-22-17-6-4-3-5-16(17)19/h3-10H,2,11-13H2,1H3. The third-order valence-corrected chi connectivity index (χ3v) is 4.66. The molecular weight excluding hydrogens is 294 g/mol. The van der Waals surface area contributed by atoms with Gasteiger partial charge in [0.05, 0.1) is 18.7 Å². The van der Waals surface area contributed by atoms with Crippen molar-refractivity contribution in [3.63, 3.8) is 0 Å². The van der Waals surface area contributed by atoms with Gasteiger partial charge in [0.1, 0.15) is 5.75 Å². The third kappa shape index (κ3) is 3.28. The first-order chi connectivity index (χ1) is 10.8. The minimum absolute atomic E-state index is 0.150. The molecule has 0 N–H and O–H groups in total. The number of nitrogens with zero attached hydrogens (tertiary/aromatic N) is 1. The second kappa shape index (κ2) is 6.88. The summed E-state index contributed by atoms with van der Waals surface area (Å²) in [4.78, 5) is 15.7. The van der Waals surface area contributed by atoms with Crippen LogP contribution in [0, 0.1) is 0 Å². The highest BCUT2D eigenvalue weighted by molar-refractivity contribution is 7.99. The summed E-state index contributed by atoms with van der Waals surface area (Å²) in [6.45, 7) is 3.39. The predicted octanol–water partition coefficient (Wildman–Crippen LogP) is 3.77. The van der Waals surface area contributed by atoms with E-state index in [1.807, 2.05) is 66.1 Å². The van der Waals surface area contributed by atoms with Gasteiger partial charge in [0.25, 0.3) is 0 Å². The van der Waals surface area contributed by atoms with Crippen molar-refractivity contribution in [2.45, 2.75) is 18.2 Å². The zero-order chi connectivity index (χ0) is 15.4. The molecule has 0 saturated carbocycles. The monoisotopic (exact) mass is 313 g/mol. The van der Waals surface area contributed by atoms with Crippen molar-refractivity contribution >= 4 is 23.4 Å². The SMILES string of the molecule is CCOc1ccc(CC(=O)N2CCSc3ccccc32)cc1. The molecule has 2 aromatic carbocycles. The van der Waals surface area contributed by atoms with E-state index in [2.05, 4.69) is 6.07 Å². The fourth-order valence-corrected chi connectivity index (χ4v) is 3.56. The van der Waals surface area contributed by atoms with Crippen LogP contribution in [-0.2, 0) is 11.2 Å². The number of amides is 1. The Morgan fingerprint density at radius 1 is 1.18 bits per heavy atom. The molecule has 0 aliphatic carbocycles. The normalized spacial score (nSPS) is 13.6. The molecule has 0 bridgehead atoms. The quantitative estimate of drug-likeness (QED) is 0.860. The molecule has 0 atom stereocenters. The largest absolute Gasteiger partial charge is 0.494 e. The smallest absolute Gasteiger partial charge is 0.231 e. The van der Waals surface area contributed by atoms with Gasteiger partial charge in [-0.15, -0.1) is 11.8 Å². The van der Waals surface area contributed by atoms with Gasteiger partial charge in [-0.3, -0.25) is 4.79 Å². The first-order valence-electron chi connectivity index (χ1n) is 7.52. The highest BCUT2D eigenvalue weighted by atomic mass is 32.2. The van der Waals surface area contributed by atoms with Crippen molar-refractivity contribution in [2.24, 2.45) is 0 Å². The molecule has 0 spiro atoms. The number of hydrogen-bond donors (Lipinski definition) is 0. The van der Waals surface area contributed by atoms with E-state index in [-0.39, 0.29) is 5.91 Å². The highest BCUT2D eigenvalue weighted by Gasteiger charge is 2.22. The second-order valence-corrected chi connectivity index (χ2v) is 6.25. The summed E-state index contributed by atoms with van der Waals surface area (Å²) < 4.78 is 5.43. The van der Waals surface area contributed by atoms with E-state index in [0.29, 0.717) is 13.0 Å². The van der Waals surface area contributed by atoms with Gasteiger partial charge in [-0.1, -0.05) is 24.3 Å². The van der Waals surface area contributed by atoms with E-state index in [1.165, 1.54) is 4.90 Å². The molecule has 0 saturated heterocycles. The Labute approximate surface area is 135 Å². The fourth-order valence-electron chi connectivity index (χ4n) is 2.57. The molecule has 0 fully saturated rings. The topological polar surface area (TPSA) is 29.5 Å². The van der Waals surface area contributed by atoms with E-state index >= 15 is 0 Å². The Morgan fingerprint density at radius 2 is 1.95 bits per heavy atom. The van der Waals surface area contributed by atoms with Crippen molar-refractivity contribution in [1.82, 2.24) is 0 Å². The number of hydrogen-bond acceptors (Lipinski definition) is 3. The number of ether oxygens (including phenoxy) is 1. The van der Waals surface area contributed by atoms with Gasteiger partial charge in [-0.05, 0) is 36.8 Å².